The van der Waals surface area contributed by atoms with Crippen LogP contribution in [-0.4, -0.2) is 34.0 Å². The van der Waals surface area contributed by atoms with E-state index in [1.165, 1.54) is 12.8 Å². The molecule has 18 heavy (non-hydrogen) atoms. The number of methoxy groups -OCH3 is 1. The van der Waals surface area contributed by atoms with E-state index in [1.54, 1.807) is 13.3 Å². The van der Waals surface area contributed by atoms with E-state index in [4.69, 9.17) is 16.3 Å². The third-order valence-corrected chi connectivity index (χ3v) is 4.82. The monoisotopic (exact) mass is 331 g/mol. The van der Waals surface area contributed by atoms with Gasteiger partial charge in [0.1, 0.15) is 5.02 Å². The number of anilines is 1. The number of alkyl halides is 1. The molecular weight excluding hydrogens is 318 g/mol. The summed E-state index contributed by atoms with van der Waals surface area (Å²) in [6.45, 7) is 0. The van der Waals surface area contributed by atoms with Crippen LogP contribution in [0.15, 0.2) is 6.20 Å². The Hall–Kier alpha value is -0.550. The summed E-state index contributed by atoms with van der Waals surface area (Å²) in [5.41, 5.74) is 0. The molecule has 3 rings (SSSR count). The molecule has 2 bridgehead atoms. The van der Waals surface area contributed by atoms with E-state index in [2.05, 4.69) is 30.8 Å². The molecule has 2 atom stereocenters. The number of piperidine rings is 1. The summed E-state index contributed by atoms with van der Waals surface area (Å²) >= 11 is 9.99. The minimum absolute atomic E-state index is 0.384. The predicted molar refractivity (Wildman–Crippen MR) is 74.8 cm³/mol. The fourth-order valence-corrected chi connectivity index (χ4v) is 4.13. The molecule has 2 saturated heterocycles. The largest absolute Gasteiger partial charge is 0.467 e. The molecule has 1 aromatic heterocycles. The highest BCUT2D eigenvalue weighted by atomic mass is 79.9. The summed E-state index contributed by atoms with van der Waals surface area (Å²) in [6.07, 6.45) is 6.37. The van der Waals surface area contributed by atoms with E-state index < -0.39 is 0 Å². The molecular formula is C12H15BrClN3O. The number of hydrogen-bond donors (Lipinski definition) is 0. The van der Waals surface area contributed by atoms with Crippen molar-refractivity contribution in [1.29, 1.82) is 0 Å². The van der Waals surface area contributed by atoms with E-state index in [9.17, 15) is 0 Å². The average molecular weight is 333 g/mol. The molecule has 6 heteroatoms. The molecule has 0 aliphatic carbocycles. The first-order valence-electron chi connectivity index (χ1n) is 6.18. The van der Waals surface area contributed by atoms with E-state index >= 15 is 0 Å². The normalized spacial score (nSPS) is 30.6. The molecule has 4 nitrogen and oxygen atoms in total. The third kappa shape index (κ3) is 2.07. The van der Waals surface area contributed by atoms with Crippen molar-refractivity contribution in [2.45, 2.75) is 42.6 Å². The van der Waals surface area contributed by atoms with Crippen LogP contribution < -0.4 is 9.64 Å². The van der Waals surface area contributed by atoms with Crippen molar-refractivity contribution < 1.29 is 4.74 Å². The van der Waals surface area contributed by atoms with Crippen molar-refractivity contribution in [1.82, 2.24) is 9.97 Å². The minimum Gasteiger partial charge on any atom is -0.467 e. The topological polar surface area (TPSA) is 38.2 Å². The molecule has 0 aromatic carbocycles. The second kappa shape index (κ2) is 4.85. The number of fused-ring (bicyclic) bond motifs is 2. The molecule has 2 aliphatic heterocycles. The van der Waals surface area contributed by atoms with Gasteiger partial charge in [-0.2, -0.15) is 4.98 Å². The number of nitrogens with zero attached hydrogens (tertiary/aromatic N) is 3. The zero-order valence-electron chi connectivity index (χ0n) is 10.1. The fourth-order valence-electron chi connectivity index (χ4n) is 3.08. The van der Waals surface area contributed by atoms with Gasteiger partial charge in [-0.15, -0.1) is 0 Å². The van der Waals surface area contributed by atoms with Gasteiger partial charge in [-0.25, -0.2) is 4.98 Å². The van der Waals surface area contributed by atoms with Crippen LogP contribution in [0.1, 0.15) is 25.7 Å². The standard InChI is InChI=1S/C12H15BrClN3O/c1-18-12-15-6-10(14)11(16-12)17-8-2-3-9(17)5-7(13)4-8/h6-9H,2-5H2,1H3. The summed E-state index contributed by atoms with van der Waals surface area (Å²) in [5, 5.41) is 0.612. The quantitative estimate of drug-likeness (QED) is 0.780. The van der Waals surface area contributed by atoms with Gasteiger partial charge in [0.05, 0.1) is 13.3 Å². The van der Waals surface area contributed by atoms with Gasteiger partial charge >= 0.3 is 6.01 Å². The van der Waals surface area contributed by atoms with Gasteiger partial charge in [0.25, 0.3) is 0 Å². The Bertz CT molecular complexity index is 445. The van der Waals surface area contributed by atoms with Gasteiger partial charge in [-0.05, 0) is 25.7 Å². The van der Waals surface area contributed by atoms with E-state index in [0.717, 1.165) is 18.7 Å². The Labute approximate surface area is 120 Å². The zero-order valence-corrected chi connectivity index (χ0v) is 12.5. The van der Waals surface area contributed by atoms with Crippen LogP contribution in [0.2, 0.25) is 5.02 Å². The molecule has 0 N–H and O–H groups in total. The highest BCUT2D eigenvalue weighted by Crippen LogP contribution is 2.42. The molecule has 3 heterocycles. The summed E-state index contributed by atoms with van der Waals surface area (Å²) in [4.78, 5) is 11.4. The number of aromatic nitrogens is 2. The van der Waals surface area contributed by atoms with E-state index in [0.29, 0.717) is 27.9 Å². The summed E-state index contributed by atoms with van der Waals surface area (Å²) in [5.74, 6) is 0.829. The van der Waals surface area contributed by atoms with Crippen LogP contribution in [0.25, 0.3) is 0 Å². The predicted octanol–water partition coefficient (Wildman–Crippen LogP) is 3.03. The Morgan fingerprint density at radius 1 is 1.39 bits per heavy atom. The molecule has 2 fully saturated rings. The number of ether oxygens (including phenoxy) is 1. The molecule has 2 aliphatic rings. The van der Waals surface area contributed by atoms with Crippen LogP contribution in [-0.2, 0) is 0 Å². The Morgan fingerprint density at radius 2 is 2.06 bits per heavy atom. The Morgan fingerprint density at radius 3 is 2.67 bits per heavy atom. The maximum absolute atomic E-state index is 6.25. The van der Waals surface area contributed by atoms with Gasteiger partial charge < -0.3 is 9.64 Å². The van der Waals surface area contributed by atoms with Gasteiger partial charge in [-0.1, -0.05) is 27.5 Å². The second-order valence-electron chi connectivity index (χ2n) is 4.89. The van der Waals surface area contributed by atoms with Crippen LogP contribution in [0, 0.1) is 0 Å². The van der Waals surface area contributed by atoms with E-state index in [1.807, 2.05) is 0 Å². The molecule has 0 saturated carbocycles. The summed E-state index contributed by atoms with van der Waals surface area (Å²) in [6, 6.07) is 1.45. The smallest absolute Gasteiger partial charge is 0.318 e. The van der Waals surface area contributed by atoms with Crippen molar-refractivity contribution in [2.75, 3.05) is 12.0 Å². The zero-order chi connectivity index (χ0) is 12.7. The number of halogens is 2. The SMILES string of the molecule is COc1ncc(Cl)c(N2C3CCC2CC(Br)C3)n1. The molecule has 0 amide bonds. The van der Waals surface area contributed by atoms with Gasteiger partial charge in [-0.3, -0.25) is 0 Å². The first kappa shape index (κ1) is 12.5. The summed E-state index contributed by atoms with van der Waals surface area (Å²) in [7, 11) is 1.58. The van der Waals surface area contributed by atoms with Crippen LogP contribution >= 0.6 is 27.5 Å². The van der Waals surface area contributed by atoms with Crippen molar-refractivity contribution in [3.8, 4) is 6.01 Å². The second-order valence-corrected chi connectivity index (χ2v) is 6.59. The minimum atomic E-state index is 0.384. The number of rotatable bonds is 2. The maximum atomic E-state index is 6.25. The maximum Gasteiger partial charge on any atom is 0.318 e. The van der Waals surface area contributed by atoms with Crippen molar-refractivity contribution in [3.63, 3.8) is 0 Å². The lowest BCUT2D eigenvalue weighted by Crippen LogP contribution is -2.44. The van der Waals surface area contributed by atoms with Gasteiger partial charge in [0.15, 0.2) is 5.82 Å². The van der Waals surface area contributed by atoms with Crippen LogP contribution in [0.3, 0.4) is 0 Å². The van der Waals surface area contributed by atoms with Crippen LogP contribution in [0.4, 0.5) is 5.82 Å². The number of hydrogen-bond acceptors (Lipinski definition) is 4. The lowest BCUT2D eigenvalue weighted by atomic mass is 10.0. The van der Waals surface area contributed by atoms with E-state index in [-0.39, 0.29) is 0 Å². The molecule has 1 aromatic rings. The highest BCUT2D eigenvalue weighted by Gasteiger charge is 2.41. The Kier molecular flexibility index (Phi) is 3.36. The average Bonchev–Trinajstić information content (AvgIpc) is 2.63. The van der Waals surface area contributed by atoms with Crippen LogP contribution in [0.5, 0.6) is 6.01 Å². The fraction of sp³-hybridized carbons (Fsp3) is 0.667. The van der Waals surface area contributed by atoms with Crippen molar-refractivity contribution in [2.24, 2.45) is 0 Å². The third-order valence-electron chi connectivity index (χ3n) is 3.81. The molecule has 0 radical (unpaired) electrons. The first-order valence-corrected chi connectivity index (χ1v) is 7.47. The Balaban J connectivity index is 1.95. The lowest BCUT2D eigenvalue weighted by molar-refractivity contribution is 0.378. The summed E-state index contributed by atoms with van der Waals surface area (Å²) < 4.78 is 5.10. The van der Waals surface area contributed by atoms with Gasteiger partial charge in [0, 0.05) is 16.9 Å². The highest BCUT2D eigenvalue weighted by molar-refractivity contribution is 9.09. The van der Waals surface area contributed by atoms with Crippen molar-refractivity contribution >= 4 is 33.3 Å². The molecule has 0 spiro atoms. The van der Waals surface area contributed by atoms with Gasteiger partial charge in [0.2, 0.25) is 0 Å². The van der Waals surface area contributed by atoms with Crippen molar-refractivity contribution in [3.05, 3.63) is 11.2 Å². The lowest BCUT2D eigenvalue weighted by Gasteiger charge is -2.38. The molecule has 2 unspecified atom stereocenters. The first-order chi connectivity index (χ1) is 8.69. The molecule has 98 valence electrons.